The van der Waals surface area contributed by atoms with E-state index in [0.29, 0.717) is 5.56 Å². The third-order valence-corrected chi connectivity index (χ3v) is 3.87. The molecule has 128 valence electrons. The molecular formula is C20H26N2O2. The third kappa shape index (κ3) is 4.34. The van der Waals surface area contributed by atoms with Gasteiger partial charge in [-0.25, -0.2) is 4.68 Å². The van der Waals surface area contributed by atoms with Crippen LogP contribution in [0.25, 0.3) is 12.2 Å². The van der Waals surface area contributed by atoms with Crippen molar-refractivity contribution in [1.29, 1.82) is 0 Å². The van der Waals surface area contributed by atoms with Gasteiger partial charge in [-0.1, -0.05) is 43.7 Å². The molecule has 1 aromatic carbocycles. The summed E-state index contributed by atoms with van der Waals surface area (Å²) in [5.74, 6) is -0.268. The number of nitrogens with zero attached hydrogens (tertiary/aromatic N) is 2. The van der Waals surface area contributed by atoms with Gasteiger partial charge in [-0.15, -0.1) is 0 Å². The summed E-state index contributed by atoms with van der Waals surface area (Å²) in [6.07, 6.45) is 8.59. The van der Waals surface area contributed by atoms with Crippen LogP contribution >= 0.6 is 0 Å². The van der Waals surface area contributed by atoms with Crippen LogP contribution in [0.5, 0.6) is 5.75 Å². The number of hydrogen-bond acceptors (Lipinski definition) is 3. The van der Waals surface area contributed by atoms with Crippen molar-refractivity contribution in [3.63, 3.8) is 0 Å². The molecule has 0 unspecified atom stereocenters. The Balaban J connectivity index is 2.20. The van der Waals surface area contributed by atoms with Crippen LogP contribution in [0.3, 0.4) is 0 Å². The first kappa shape index (κ1) is 18.0. The maximum atomic E-state index is 12.2. The maximum absolute atomic E-state index is 12.2. The Hall–Kier alpha value is -2.36. The molecule has 0 aliphatic heterocycles. The first-order valence-corrected chi connectivity index (χ1v) is 8.41. The molecule has 0 bridgehead atoms. The van der Waals surface area contributed by atoms with Crippen LogP contribution in [0.15, 0.2) is 35.3 Å². The number of rotatable bonds is 5. The molecule has 1 heterocycles. The standard InChI is InChI=1S/C20H26N2O2/c1-5-6-7-15-8-10-16(11-9-15)12-13-17-14-21-22(20(2,3)4)19(24)18(17)23/h8-14,23H,5-7H2,1-4H3/b13-12+. The summed E-state index contributed by atoms with van der Waals surface area (Å²) in [5.41, 5.74) is 1.83. The fourth-order valence-electron chi connectivity index (χ4n) is 2.42. The number of aromatic nitrogens is 2. The van der Waals surface area contributed by atoms with Crippen molar-refractivity contribution >= 4 is 12.2 Å². The van der Waals surface area contributed by atoms with Gasteiger partial charge in [-0.3, -0.25) is 4.79 Å². The molecule has 0 spiro atoms. The normalized spacial score (nSPS) is 12.0. The van der Waals surface area contributed by atoms with Crippen LogP contribution in [0.4, 0.5) is 0 Å². The molecule has 0 saturated carbocycles. The summed E-state index contributed by atoms with van der Waals surface area (Å²) in [6.45, 7) is 7.80. The highest BCUT2D eigenvalue weighted by molar-refractivity contribution is 5.71. The van der Waals surface area contributed by atoms with Gasteiger partial charge in [-0.05, 0) is 50.8 Å². The molecule has 4 nitrogen and oxygen atoms in total. The summed E-state index contributed by atoms with van der Waals surface area (Å²) in [4.78, 5) is 12.2. The first-order chi connectivity index (χ1) is 11.3. The number of hydrogen-bond donors (Lipinski definition) is 1. The lowest BCUT2D eigenvalue weighted by Crippen LogP contribution is -2.35. The highest BCUT2D eigenvalue weighted by Crippen LogP contribution is 2.17. The molecule has 24 heavy (non-hydrogen) atoms. The Morgan fingerprint density at radius 1 is 1.17 bits per heavy atom. The van der Waals surface area contributed by atoms with Crippen molar-refractivity contribution in [1.82, 2.24) is 9.78 Å². The summed E-state index contributed by atoms with van der Waals surface area (Å²) in [6, 6.07) is 8.32. The van der Waals surface area contributed by atoms with E-state index in [2.05, 4.69) is 24.2 Å². The lowest BCUT2D eigenvalue weighted by Gasteiger charge is -2.20. The molecule has 0 atom stereocenters. The van der Waals surface area contributed by atoms with Gasteiger partial charge in [-0.2, -0.15) is 5.10 Å². The van der Waals surface area contributed by atoms with E-state index in [0.717, 1.165) is 12.0 Å². The van der Waals surface area contributed by atoms with Gasteiger partial charge in [0.15, 0.2) is 5.75 Å². The number of aryl methyl sites for hydroxylation is 1. The zero-order valence-electron chi connectivity index (χ0n) is 14.9. The van der Waals surface area contributed by atoms with Crippen LogP contribution in [0.1, 0.15) is 57.2 Å². The van der Waals surface area contributed by atoms with Crippen LogP contribution in [-0.2, 0) is 12.0 Å². The van der Waals surface area contributed by atoms with E-state index in [1.165, 1.54) is 29.3 Å². The zero-order chi connectivity index (χ0) is 17.7. The van der Waals surface area contributed by atoms with E-state index in [1.54, 1.807) is 6.08 Å². The van der Waals surface area contributed by atoms with E-state index in [4.69, 9.17) is 0 Å². The van der Waals surface area contributed by atoms with Gasteiger partial charge in [0.25, 0.3) is 0 Å². The SMILES string of the molecule is CCCCc1ccc(/C=C/c2cnn(C(C)(C)C)c(=O)c2O)cc1. The van der Waals surface area contributed by atoms with Crippen molar-refractivity contribution in [2.24, 2.45) is 0 Å². The molecule has 0 saturated heterocycles. The summed E-state index contributed by atoms with van der Waals surface area (Å²) in [5, 5.41) is 14.3. The minimum atomic E-state index is -0.473. The summed E-state index contributed by atoms with van der Waals surface area (Å²) >= 11 is 0. The van der Waals surface area contributed by atoms with E-state index in [9.17, 15) is 9.90 Å². The molecule has 0 aliphatic carbocycles. The second-order valence-corrected chi connectivity index (χ2v) is 7.01. The highest BCUT2D eigenvalue weighted by Gasteiger charge is 2.18. The van der Waals surface area contributed by atoms with Crippen LogP contribution in [0, 0.1) is 0 Å². The second-order valence-electron chi connectivity index (χ2n) is 7.01. The largest absolute Gasteiger partial charge is 0.503 e. The number of unbranched alkanes of at least 4 members (excludes halogenated alkanes) is 1. The van der Waals surface area contributed by atoms with Crippen LogP contribution in [0.2, 0.25) is 0 Å². The number of aromatic hydroxyl groups is 1. The van der Waals surface area contributed by atoms with Crippen molar-refractivity contribution in [2.45, 2.75) is 52.5 Å². The first-order valence-electron chi connectivity index (χ1n) is 8.41. The predicted octanol–water partition coefficient (Wildman–Crippen LogP) is 4.22. The quantitative estimate of drug-likeness (QED) is 0.895. The van der Waals surface area contributed by atoms with Crippen LogP contribution in [-0.4, -0.2) is 14.9 Å². The molecule has 4 heteroatoms. The van der Waals surface area contributed by atoms with Gasteiger partial charge in [0.05, 0.1) is 11.7 Å². The zero-order valence-corrected chi connectivity index (χ0v) is 14.9. The Morgan fingerprint density at radius 3 is 2.42 bits per heavy atom. The smallest absolute Gasteiger partial charge is 0.309 e. The van der Waals surface area contributed by atoms with E-state index < -0.39 is 11.1 Å². The molecule has 0 aliphatic rings. The monoisotopic (exact) mass is 326 g/mol. The van der Waals surface area contributed by atoms with E-state index in [1.807, 2.05) is 39.0 Å². The van der Waals surface area contributed by atoms with Crippen molar-refractivity contribution in [3.8, 4) is 5.75 Å². The highest BCUT2D eigenvalue weighted by atomic mass is 16.3. The lowest BCUT2D eigenvalue weighted by atomic mass is 10.1. The fourth-order valence-corrected chi connectivity index (χ4v) is 2.42. The lowest BCUT2D eigenvalue weighted by molar-refractivity contribution is 0.324. The Labute approximate surface area is 143 Å². The molecule has 2 rings (SSSR count). The van der Waals surface area contributed by atoms with Gasteiger partial charge in [0.1, 0.15) is 0 Å². The maximum Gasteiger partial charge on any atom is 0.309 e. The Kier molecular flexibility index (Phi) is 5.60. The number of benzene rings is 1. The molecule has 0 amide bonds. The molecule has 2 aromatic rings. The van der Waals surface area contributed by atoms with Gasteiger partial charge >= 0.3 is 5.56 Å². The molecule has 0 radical (unpaired) electrons. The molecule has 1 N–H and O–H groups in total. The molecule has 1 aromatic heterocycles. The topological polar surface area (TPSA) is 55.1 Å². The minimum Gasteiger partial charge on any atom is -0.503 e. The van der Waals surface area contributed by atoms with Crippen molar-refractivity contribution in [3.05, 3.63) is 57.5 Å². The van der Waals surface area contributed by atoms with Crippen molar-refractivity contribution in [2.75, 3.05) is 0 Å². The second kappa shape index (κ2) is 7.47. The van der Waals surface area contributed by atoms with E-state index in [-0.39, 0.29) is 5.75 Å². The van der Waals surface area contributed by atoms with Crippen LogP contribution < -0.4 is 5.56 Å². The van der Waals surface area contributed by atoms with E-state index >= 15 is 0 Å². The third-order valence-electron chi connectivity index (χ3n) is 3.87. The average Bonchev–Trinajstić information content (AvgIpc) is 2.54. The van der Waals surface area contributed by atoms with Gasteiger partial charge in [0.2, 0.25) is 0 Å². The minimum absolute atomic E-state index is 0.268. The van der Waals surface area contributed by atoms with Gasteiger partial charge in [0, 0.05) is 5.56 Å². The Morgan fingerprint density at radius 2 is 1.83 bits per heavy atom. The molecule has 0 fully saturated rings. The predicted molar refractivity (Wildman–Crippen MR) is 99.1 cm³/mol. The Bertz CT molecular complexity index is 766. The summed E-state index contributed by atoms with van der Waals surface area (Å²) in [7, 11) is 0. The van der Waals surface area contributed by atoms with Crippen molar-refractivity contribution < 1.29 is 5.11 Å². The van der Waals surface area contributed by atoms with Gasteiger partial charge < -0.3 is 5.11 Å². The fraction of sp³-hybridized carbons (Fsp3) is 0.400. The molecular weight excluding hydrogens is 300 g/mol. The average molecular weight is 326 g/mol. The summed E-state index contributed by atoms with van der Waals surface area (Å²) < 4.78 is 1.29.